The van der Waals surface area contributed by atoms with Crippen LogP contribution in [0.2, 0.25) is 5.02 Å². The van der Waals surface area contributed by atoms with Crippen molar-refractivity contribution in [3.8, 4) is 0 Å². The van der Waals surface area contributed by atoms with Crippen molar-refractivity contribution >= 4 is 28.5 Å². The van der Waals surface area contributed by atoms with Gasteiger partial charge >= 0.3 is 11.9 Å². The number of para-hydroxylation sites is 2. The number of benzene rings is 2. The van der Waals surface area contributed by atoms with Crippen LogP contribution in [0.25, 0.3) is 11.2 Å². The van der Waals surface area contributed by atoms with Crippen LogP contribution in [-0.2, 0) is 6.18 Å². The van der Waals surface area contributed by atoms with E-state index in [9.17, 15) is 13.2 Å². The summed E-state index contributed by atoms with van der Waals surface area (Å²) >= 11 is 5.85. The van der Waals surface area contributed by atoms with Gasteiger partial charge in [0.25, 0.3) is 0 Å². The average molecular weight is 314 g/mol. The summed E-state index contributed by atoms with van der Waals surface area (Å²) in [6.45, 7) is 0. The zero-order valence-corrected chi connectivity index (χ0v) is 11.1. The lowest BCUT2D eigenvalue weighted by atomic mass is 10.2. The molecule has 7 heteroatoms. The molecule has 0 aliphatic heterocycles. The molecule has 2 aromatic carbocycles. The Morgan fingerprint density at radius 1 is 0.952 bits per heavy atom. The quantitative estimate of drug-likeness (QED) is 0.639. The van der Waals surface area contributed by atoms with Gasteiger partial charge in [0.15, 0.2) is 11.2 Å². The second-order valence-electron chi connectivity index (χ2n) is 4.19. The van der Waals surface area contributed by atoms with Gasteiger partial charge in [-0.1, -0.05) is 23.7 Å². The zero-order valence-electron chi connectivity index (χ0n) is 10.3. The van der Waals surface area contributed by atoms with Gasteiger partial charge in [-0.3, -0.25) is 0 Å². The predicted molar refractivity (Wildman–Crippen MR) is 70.2 cm³/mol. The number of alkyl halides is 3. The summed E-state index contributed by atoms with van der Waals surface area (Å²) in [5.41, 5.74) is -0.0326. The molecule has 0 saturated heterocycles. The van der Waals surface area contributed by atoms with Gasteiger partial charge in [-0.05, 0) is 30.3 Å². The predicted octanol–water partition coefficient (Wildman–Crippen LogP) is 4.93. The Hall–Kier alpha value is -2.21. The van der Waals surface area contributed by atoms with E-state index >= 15 is 0 Å². The molecule has 3 nitrogen and oxygen atoms in total. The van der Waals surface area contributed by atoms with E-state index in [1.54, 1.807) is 24.3 Å². The first-order valence-corrected chi connectivity index (χ1v) is 6.21. The number of hydrogen-bond donors (Lipinski definition) is 0. The van der Waals surface area contributed by atoms with Gasteiger partial charge in [-0.2, -0.15) is 18.2 Å². The minimum Gasteiger partial charge on any atom is -0.407 e. The zero-order chi connectivity index (χ0) is 15.0. The molecule has 0 spiro atoms. The van der Waals surface area contributed by atoms with Crippen LogP contribution in [-0.4, -0.2) is 0 Å². The molecule has 0 N–H and O–H groups in total. The fourth-order valence-electron chi connectivity index (χ4n) is 1.75. The lowest BCUT2D eigenvalue weighted by Gasteiger charge is -2.07. The van der Waals surface area contributed by atoms with Crippen LogP contribution in [0, 0.1) is 0 Å². The maximum atomic E-state index is 12.7. The maximum Gasteiger partial charge on any atom is 0.416 e. The normalized spacial score (nSPS) is 11.8. The summed E-state index contributed by atoms with van der Waals surface area (Å²) < 4.78 is 48.6. The first kappa shape index (κ1) is 13.8. The maximum absolute atomic E-state index is 12.7. The highest BCUT2D eigenvalue weighted by molar-refractivity contribution is 6.33. The van der Waals surface area contributed by atoms with Crippen LogP contribution in [0.5, 0.6) is 0 Å². The van der Waals surface area contributed by atoms with Crippen LogP contribution < -0.4 is 5.75 Å². The fourth-order valence-corrected chi connectivity index (χ4v) is 1.91. The first-order valence-electron chi connectivity index (χ1n) is 5.84. The SMILES string of the molecule is FC(F)(F)c1ccc(Cl)c(N=c2oc3ccccc3o2)c1. The van der Waals surface area contributed by atoms with Crippen LogP contribution in [0.3, 0.4) is 0 Å². The molecule has 0 saturated carbocycles. The smallest absolute Gasteiger partial charge is 0.407 e. The Balaban J connectivity index is 2.13. The second kappa shape index (κ2) is 4.96. The molecule has 0 radical (unpaired) electrons. The van der Waals surface area contributed by atoms with Crippen molar-refractivity contribution in [2.45, 2.75) is 6.18 Å². The van der Waals surface area contributed by atoms with Gasteiger partial charge in [0.05, 0.1) is 16.3 Å². The van der Waals surface area contributed by atoms with E-state index in [2.05, 4.69) is 4.99 Å². The third-order valence-electron chi connectivity index (χ3n) is 2.73. The molecule has 1 heterocycles. The van der Waals surface area contributed by atoms with Crippen molar-refractivity contribution in [1.29, 1.82) is 0 Å². The van der Waals surface area contributed by atoms with Crippen molar-refractivity contribution < 1.29 is 22.0 Å². The summed E-state index contributed by atoms with van der Waals surface area (Å²) in [6, 6.07) is 9.65. The Labute approximate surface area is 121 Å². The van der Waals surface area contributed by atoms with Crippen LogP contribution in [0.4, 0.5) is 18.9 Å². The van der Waals surface area contributed by atoms with E-state index in [-0.39, 0.29) is 16.5 Å². The van der Waals surface area contributed by atoms with E-state index in [1.165, 1.54) is 0 Å². The van der Waals surface area contributed by atoms with Gasteiger partial charge in [0.2, 0.25) is 0 Å². The van der Waals surface area contributed by atoms with Gasteiger partial charge in [0, 0.05) is 0 Å². The van der Waals surface area contributed by atoms with Crippen LogP contribution in [0.1, 0.15) is 5.56 Å². The highest BCUT2D eigenvalue weighted by Crippen LogP contribution is 2.34. The van der Waals surface area contributed by atoms with Crippen molar-refractivity contribution in [1.82, 2.24) is 0 Å². The molecule has 3 aromatic rings. The van der Waals surface area contributed by atoms with Crippen molar-refractivity contribution in [3.63, 3.8) is 0 Å². The molecule has 0 unspecified atom stereocenters. The van der Waals surface area contributed by atoms with Gasteiger partial charge in [-0.15, -0.1) is 0 Å². The Kier molecular flexibility index (Phi) is 3.25. The summed E-state index contributed by atoms with van der Waals surface area (Å²) in [6.07, 6.45) is -4.47. The second-order valence-corrected chi connectivity index (χ2v) is 4.60. The monoisotopic (exact) mass is 313 g/mol. The first-order chi connectivity index (χ1) is 9.93. The molecule has 21 heavy (non-hydrogen) atoms. The summed E-state index contributed by atoms with van der Waals surface area (Å²) in [4.78, 5) is 3.89. The fraction of sp³-hybridized carbons (Fsp3) is 0.0714. The van der Waals surface area contributed by atoms with E-state index < -0.39 is 11.7 Å². The molecule has 1 aromatic heterocycles. The van der Waals surface area contributed by atoms with Gasteiger partial charge in [-0.25, -0.2) is 0 Å². The molecular weight excluding hydrogens is 307 g/mol. The Morgan fingerprint density at radius 2 is 1.57 bits per heavy atom. The third kappa shape index (κ3) is 2.80. The number of halogens is 4. The topological polar surface area (TPSA) is 38.6 Å². The molecule has 0 amide bonds. The largest absolute Gasteiger partial charge is 0.416 e. The average Bonchev–Trinajstić information content (AvgIpc) is 2.82. The van der Waals surface area contributed by atoms with E-state index in [0.29, 0.717) is 11.2 Å². The van der Waals surface area contributed by atoms with Crippen LogP contribution in [0.15, 0.2) is 56.3 Å². The molecule has 0 fully saturated rings. The van der Waals surface area contributed by atoms with Crippen molar-refractivity contribution in [3.05, 3.63) is 58.8 Å². The molecule has 0 aliphatic carbocycles. The minimum absolute atomic E-state index is 0.0682. The van der Waals surface area contributed by atoms with Crippen molar-refractivity contribution in [2.75, 3.05) is 0 Å². The van der Waals surface area contributed by atoms with E-state index in [4.69, 9.17) is 20.4 Å². The summed E-state index contributed by atoms with van der Waals surface area (Å²) in [5, 5.41) is 0.0682. The highest BCUT2D eigenvalue weighted by atomic mass is 35.5. The molecule has 0 aliphatic rings. The van der Waals surface area contributed by atoms with Gasteiger partial charge < -0.3 is 8.83 Å². The Bertz CT molecular complexity index is 828. The number of fused-ring (bicyclic) bond motifs is 1. The number of nitrogens with zero attached hydrogens (tertiary/aromatic N) is 1. The molecule has 0 bridgehead atoms. The highest BCUT2D eigenvalue weighted by Gasteiger charge is 2.31. The van der Waals surface area contributed by atoms with Crippen LogP contribution >= 0.6 is 11.6 Å². The molecule has 0 atom stereocenters. The summed E-state index contributed by atoms with van der Waals surface area (Å²) in [5.74, 6) is -0.169. The van der Waals surface area contributed by atoms with Crippen molar-refractivity contribution in [2.24, 2.45) is 4.99 Å². The third-order valence-corrected chi connectivity index (χ3v) is 3.05. The van der Waals surface area contributed by atoms with Gasteiger partial charge in [0.1, 0.15) is 0 Å². The molecule has 108 valence electrons. The minimum atomic E-state index is -4.47. The Morgan fingerprint density at radius 3 is 2.14 bits per heavy atom. The number of hydrogen-bond acceptors (Lipinski definition) is 3. The molecular formula is C14H7ClF3NO2. The lowest BCUT2D eigenvalue weighted by molar-refractivity contribution is -0.137. The standard InChI is InChI=1S/C14H7ClF3NO2/c15-9-6-5-8(14(16,17)18)7-10(9)19-13-20-11-3-1-2-4-12(11)21-13/h1-7H. The number of rotatable bonds is 1. The van der Waals surface area contributed by atoms with E-state index in [1.807, 2.05) is 0 Å². The van der Waals surface area contributed by atoms with E-state index in [0.717, 1.165) is 18.2 Å². The molecule has 3 rings (SSSR count). The summed E-state index contributed by atoms with van der Waals surface area (Å²) in [7, 11) is 0. The lowest BCUT2D eigenvalue weighted by Crippen LogP contribution is -2.04.